The molecule has 290 valence electrons. The van der Waals surface area contributed by atoms with Crippen molar-refractivity contribution in [2.45, 2.75) is 66.1 Å². The van der Waals surface area contributed by atoms with Crippen LogP contribution in [0.4, 0.5) is 0 Å². The van der Waals surface area contributed by atoms with Crippen LogP contribution in [0.5, 0.6) is 0 Å². The number of carbonyl (C=O) groups is 2. The lowest BCUT2D eigenvalue weighted by atomic mass is 9.82. The number of benzene rings is 2. The van der Waals surface area contributed by atoms with Crippen molar-refractivity contribution in [2.24, 2.45) is 5.92 Å². The van der Waals surface area contributed by atoms with Crippen LogP contribution in [0.2, 0.25) is 0 Å². The third-order valence-corrected chi connectivity index (χ3v) is 8.59. The monoisotopic (exact) mass is 728 g/mol. The van der Waals surface area contributed by atoms with E-state index in [-0.39, 0.29) is 30.4 Å². The summed E-state index contributed by atoms with van der Waals surface area (Å²) in [5.41, 5.74) is 5.67. The Morgan fingerprint density at radius 1 is 0.654 bits per heavy atom. The first-order valence-corrected chi connectivity index (χ1v) is 18.4. The summed E-state index contributed by atoms with van der Waals surface area (Å²) in [6.45, 7) is 13.8. The van der Waals surface area contributed by atoms with Gasteiger partial charge in [-0.1, -0.05) is 48.0 Å². The number of ketones is 1. The number of allylic oxidation sites excluding steroid dienone is 1. The van der Waals surface area contributed by atoms with Gasteiger partial charge in [0.05, 0.1) is 92.5 Å². The number of hydrogen-bond acceptors (Lipinski definition) is 11. The molecule has 1 saturated carbocycles. The smallest absolute Gasteiger partial charge is 0.341 e. The van der Waals surface area contributed by atoms with E-state index >= 15 is 0 Å². The molecule has 2 aromatic rings. The van der Waals surface area contributed by atoms with Gasteiger partial charge in [-0.05, 0) is 75.6 Å². The predicted octanol–water partition coefficient (Wildman–Crippen LogP) is 5.98. The van der Waals surface area contributed by atoms with E-state index in [0.717, 1.165) is 53.5 Å². The van der Waals surface area contributed by atoms with Crippen molar-refractivity contribution in [3.8, 4) is 0 Å². The zero-order valence-electron chi connectivity index (χ0n) is 31.9. The number of aryl methyl sites for hydroxylation is 3. The Morgan fingerprint density at radius 3 is 1.62 bits per heavy atom. The molecule has 11 nitrogen and oxygen atoms in total. The predicted molar refractivity (Wildman–Crippen MR) is 198 cm³/mol. The van der Waals surface area contributed by atoms with Crippen LogP contribution in [0, 0.1) is 26.7 Å². The first-order chi connectivity index (χ1) is 25.3. The van der Waals surface area contributed by atoms with Crippen molar-refractivity contribution in [2.75, 3.05) is 93.0 Å². The first-order valence-electron chi connectivity index (χ1n) is 18.4. The number of hydrogen-bond donors (Lipinski definition) is 0. The Labute approximate surface area is 310 Å². The molecule has 0 aromatic heterocycles. The fraction of sp³-hybridized carbons (Fsp3) is 0.610. The molecule has 1 fully saturated rings. The zero-order chi connectivity index (χ0) is 37.4. The Balaban J connectivity index is 1.32. The minimum atomic E-state index is -0.375. The fourth-order valence-corrected chi connectivity index (χ4v) is 6.21. The summed E-state index contributed by atoms with van der Waals surface area (Å²) >= 11 is 0. The Morgan fingerprint density at radius 2 is 1.13 bits per heavy atom. The zero-order valence-corrected chi connectivity index (χ0v) is 31.9. The van der Waals surface area contributed by atoms with Gasteiger partial charge in [0.15, 0.2) is 5.78 Å². The highest BCUT2D eigenvalue weighted by Crippen LogP contribution is 2.39. The van der Waals surface area contributed by atoms with Crippen LogP contribution in [-0.4, -0.2) is 111 Å². The van der Waals surface area contributed by atoms with Crippen molar-refractivity contribution in [1.29, 1.82) is 0 Å². The Kier molecular flexibility index (Phi) is 21.4. The molecule has 11 heteroatoms. The molecule has 52 heavy (non-hydrogen) atoms. The van der Waals surface area contributed by atoms with E-state index in [9.17, 15) is 9.59 Å². The highest BCUT2D eigenvalue weighted by atomic mass is 16.6. The summed E-state index contributed by atoms with van der Waals surface area (Å²) in [7, 11) is 1.43. The standard InChI is InChI=1S/C41H60O11/c1-31-27-32(2)38(33(3)28-31)39(41(43)44-5)40(52-30-35-9-7-6-8-10-35)36-11-13-37(14-12-36)51-26-25-49-22-21-47-18-17-45-15-16-46-19-20-48-23-24-50-29-34(4)42/h6-10,27-28,36-37H,11-26,29-30H2,1-5H3/b40-39+. The number of methoxy groups -OCH3 is 1. The molecule has 0 amide bonds. The van der Waals surface area contributed by atoms with Crippen molar-refractivity contribution >= 4 is 17.3 Å². The molecule has 0 spiro atoms. The topological polar surface area (TPSA) is 117 Å². The van der Waals surface area contributed by atoms with E-state index in [2.05, 4.69) is 19.1 Å². The van der Waals surface area contributed by atoms with Gasteiger partial charge in [-0.2, -0.15) is 0 Å². The highest BCUT2D eigenvalue weighted by Gasteiger charge is 2.32. The van der Waals surface area contributed by atoms with Crippen LogP contribution in [0.3, 0.4) is 0 Å². The summed E-state index contributed by atoms with van der Waals surface area (Å²) in [6.07, 6.45) is 3.54. The largest absolute Gasteiger partial charge is 0.492 e. The maximum absolute atomic E-state index is 13.4. The molecule has 0 atom stereocenters. The van der Waals surface area contributed by atoms with E-state index in [1.807, 2.05) is 44.2 Å². The van der Waals surface area contributed by atoms with Crippen molar-refractivity contribution in [1.82, 2.24) is 0 Å². The van der Waals surface area contributed by atoms with Crippen molar-refractivity contribution in [3.63, 3.8) is 0 Å². The number of rotatable bonds is 27. The van der Waals surface area contributed by atoms with Gasteiger partial charge in [0.25, 0.3) is 0 Å². The summed E-state index contributed by atoms with van der Waals surface area (Å²) in [4.78, 5) is 24.2. The van der Waals surface area contributed by atoms with Gasteiger partial charge in [0.1, 0.15) is 24.5 Å². The number of carbonyl (C=O) groups excluding carboxylic acids is 2. The van der Waals surface area contributed by atoms with Crippen LogP contribution in [0.15, 0.2) is 48.2 Å². The summed E-state index contributed by atoms with van der Waals surface area (Å²) in [6, 6.07) is 14.2. The van der Waals surface area contributed by atoms with Crippen LogP contribution in [0.25, 0.3) is 5.57 Å². The molecular weight excluding hydrogens is 668 g/mol. The van der Waals surface area contributed by atoms with Crippen LogP contribution in [0.1, 0.15) is 60.4 Å². The minimum absolute atomic E-state index is 0.00145. The van der Waals surface area contributed by atoms with E-state index in [4.69, 9.17) is 42.6 Å². The van der Waals surface area contributed by atoms with Gasteiger partial charge in [0.2, 0.25) is 0 Å². The number of esters is 1. The normalized spacial score (nSPS) is 16.4. The van der Waals surface area contributed by atoms with Crippen LogP contribution in [-0.2, 0) is 58.8 Å². The average Bonchev–Trinajstić information content (AvgIpc) is 3.13. The van der Waals surface area contributed by atoms with Gasteiger partial charge in [-0.15, -0.1) is 0 Å². The minimum Gasteiger partial charge on any atom is -0.492 e. The van der Waals surface area contributed by atoms with Gasteiger partial charge in [-0.3, -0.25) is 4.79 Å². The van der Waals surface area contributed by atoms with Crippen molar-refractivity contribution < 1.29 is 52.2 Å². The lowest BCUT2D eigenvalue weighted by molar-refractivity contribution is -0.134. The summed E-state index contributed by atoms with van der Waals surface area (Å²) in [5, 5.41) is 0. The lowest BCUT2D eigenvalue weighted by Crippen LogP contribution is -2.26. The fourth-order valence-electron chi connectivity index (χ4n) is 6.21. The number of ether oxygens (including phenoxy) is 9. The third-order valence-electron chi connectivity index (χ3n) is 8.59. The quantitative estimate of drug-likeness (QED) is 0.0469. The first kappa shape index (κ1) is 43.2. The maximum Gasteiger partial charge on any atom is 0.341 e. The van der Waals surface area contributed by atoms with E-state index in [0.29, 0.717) is 97.2 Å². The van der Waals surface area contributed by atoms with Crippen molar-refractivity contribution in [3.05, 3.63) is 76.0 Å². The maximum atomic E-state index is 13.4. The van der Waals surface area contributed by atoms with Gasteiger partial charge < -0.3 is 42.6 Å². The summed E-state index contributed by atoms with van der Waals surface area (Å²) < 4.78 is 50.8. The second-order valence-electron chi connectivity index (χ2n) is 12.9. The molecule has 0 aliphatic heterocycles. The third kappa shape index (κ3) is 16.7. The molecule has 3 rings (SSSR count). The molecule has 0 N–H and O–H groups in total. The molecule has 0 bridgehead atoms. The number of Topliss-reactive ketones (excluding diaryl/α,β-unsaturated/α-hetero) is 1. The highest BCUT2D eigenvalue weighted by molar-refractivity contribution is 6.18. The van der Waals surface area contributed by atoms with Gasteiger partial charge in [0, 0.05) is 5.92 Å². The van der Waals surface area contributed by atoms with E-state index < -0.39 is 0 Å². The second-order valence-corrected chi connectivity index (χ2v) is 12.9. The Hall–Kier alpha value is -3.16. The van der Waals surface area contributed by atoms with Gasteiger partial charge in [-0.25, -0.2) is 4.79 Å². The average molecular weight is 729 g/mol. The molecule has 0 heterocycles. The molecule has 2 aromatic carbocycles. The summed E-state index contributed by atoms with van der Waals surface area (Å²) in [5.74, 6) is 0.401. The lowest BCUT2D eigenvalue weighted by Gasteiger charge is -2.31. The molecule has 0 radical (unpaired) electrons. The molecule has 0 saturated heterocycles. The van der Waals surface area contributed by atoms with Crippen LogP contribution >= 0.6 is 0 Å². The van der Waals surface area contributed by atoms with E-state index in [1.165, 1.54) is 14.0 Å². The Bertz CT molecular complexity index is 1310. The van der Waals surface area contributed by atoms with E-state index in [1.54, 1.807) is 0 Å². The second kappa shape index (κ2) is 25.8. The molecular formula is C41H60O11. The molecule has 1 aliphatic carbocycles. The van der Waals surface area contributed by atoms with Gasteiger partial charge >= 0.3 is 5.97 Å². The SMILES string of the molecule is COC(=O)/C(=C(/OCc1ccccc1)C1CCC(OCCOCCOCCOCCOCCOCCOCC(C)=O)CC1)c1c(C)cc(C)cc1C. The molecule has 0 unspecified atom stereocenters. The van der Waals surface area contributed by atoms with Crippen LogP contribution < -0.4 is 0 Å². The molecule has 1 aliphatic rings.